The molecule has 1 atom stereocenters. The molecular weight excluding hydrogens is 308 g/mol. The van der Waals surface area contributed by atoms with Crippen LogP contribution >= 0.6 is 0 Å². The lowest BCUT2D eigenvalue weighted by molar-refractivity contribution is 0.0929. The van der Waals surface area contributed by atoms with Crippen molar-refractivity contribution in [3.05, 3.63) is 57.9 Å². The SMILES string of the molecule is CCC(C)NC(=O)c1c(C)c2c(n1Cc1cccc(C)c1)CCCC2. The maximum Gasteiger partial charge on any atom is 0.268 e. The summed E-state index contributed by atoms with van der Waals surface area (Å²) in [7, 11) is 0. The second-order valence-electron chi connectivity index (χ2n) is 7.46. The van der Waals surface area contributed by atoms with E-state index in [1.807, 2.05) is 0 Å². The molecule has 0 saturated carbocycles. The van der Waals surface area contributed by atoms with Crippen LogP contribution in [-0.2, 0) is 19.4 Å². The van der Waals surface area contributed by atoms with Crippen molar-refractivity contribution >= 4 is 5.91 Å². The molecule has 0 aliphatic heterocycles. The van der Waals surface area contributed by atoms with Crippen LogP contribution in [0.5, 0.6) is 0 Å². The van der Waals surface area contributed by atoms with Gasteiger partial charge in [-0.25, -0.2) is 0 Å². The molecular formula is C22H30N2O. The zero-order chi connectivity index (χ0) is 18.0. The van der Waals surface area contributed by atoms with Crippen LogP contribution in [0.1, 0.15) is 71.5 Å². The lowest BCUT2D eigenvalue weighted by atomic mass is 9.95. The van der Waals surface area contributed by atoms with Crippen molar-refractivity contribution in [2.75, 3.05) is 0 Å². The molecule has 1 heterocycles. The molecule has 3 rings (SSSR count). The smallest absolute Gasteiger partial charge is 0.268 e. The molecule has 1 amide bonds. The summed E-state index contributed by atoms with van der Waals surface area (Å²) in [6.07, 6.45) is 5.58. The standard InChI is InChI=1S/C22H30N2O/c1-5-16(3)23-22(25)21-17(4)19-11-6-7-12-20(19)24(21)14-18-10-8-9-15(2)13-18/h8-10,13,16H,5-7,11-12,14H2,1-4H3,(H,23,25). The van der Waals surface area contributed by atoms with E-state index in [-0.39, 0.29) is 11.9 Å². The number of fused-ring (bicyclic) bond motifs is 1. The second kappa shape index (κ2) is 7.47. The Hall–Kier alpha value is -2.03. The van der Waals surface area contributed by atoms with Gasteiger partial charge < -0.3 is 9.88 Å². The zero-order valence-corrected chi connectivity index (χ0v) is 16.0. The summed E-state index contributed by atoms with van der Waals surface area (Å²) in [5.41, 5.74) is 7.37. The Morgan fingerprint density at radius 1 is 1.24 bits per heavy atom. The minimum absolute atomic E-state index is 0.0777. The quantitative estimate of drug-likeness (QED) is 0.852. The van der Waals surface area contributed by atoms with Gasteiger partial charge in [-0.05, 0) is 69.6 Å². The highest BCUT2D eigenvalue weighted by molar-refractivity contribution is 5.95. The van der Waals surface area contributed by atoms with Gasteiger partial charge >= 0.3 is 0 Å². The molecule has 134 valence electrons. The van der Waals surface area contributed by atoms with Crippen molar-refractivity contribution in [2.45, 2.75) is 72.4 Å². The Morgan fingerprint density at radius 3 is 2.72 bits per heavy atom. The number of nitrogens with one attached hydrogen (secondary N) is 1. The Labute approximate surface area is 151 Å². The Balaban J connectivity index is 2.03. The van der Waals surface area contributed by atoms with Gasteiger partial charge in [0.1, 0.15) is 5.69 Å². The van der Waals surface area contributed by atoms with E-state index < -0.39 is 0 Å². The topological polar surface area (TPSA) is 34.0 Å². The summed E-state index contributed by atoms with van der Waals surface area (Å²) in [6, 6.07) is 8.81. The van der Waals surface area contributed by atoms with Crippen molar-refractivity contribution in [1.82, 2.24) is 9.88 Å². The van der Waals surface area contributed by atoms with Crippen molar-refractivity contribution in [2.24, 2.45) is 0 Å². The molecule has 0 bridgehead atoms. The van der Waals surface area contributed by atoms with Gasteiger partial charge in [-0.1, -0.05) is 36.8 Å². The Kier molecular flexibility index (Phi) is 5.31. The molecule has 25 heavy (non-hydrogen) atoms. The third-order valence-corrected chi connectivity index (χ3v) is 5.47. The van der Waals surface area contributed by atoms with Crippen LogP contribution in [0.15, 0.2) is 24.3 Å². The third-order valence-electron chi connectivity index (χ3n) is 5.47. The average molecular weight is 338 g/mol. The van der Waals surface area contributed by atoms with Crippen LogP contribution in [0.4, 0.5) is 0 Å². The van der Waals surface area contributed by atoms with E-state index in [9.17, 15) is 4.79 Å². The van der Waals surface area contributed by atoms with Crippen molar-refractivity contribution in [3.8, 4) is 0 Å². The van der Waals surface area contributed by atoms with Crippen molar-refractivity contribution in [3.63, 3.8) is 0 Å². The molecule has 3 heteroatoms. The zero-order valence-electron chi connectivity index (χ0n) is 16.0. The summed E-state index contributed by atoms with van der Waals surface area (Å²) in [5.74, 6) is 0.0777. The maximum atomic E-state index is 13.0. The number of amides is 1. The number of hydrogen-bond donors (Lipinski definition) is 1. The molecule has 1 N–H and O–H groups in total. The number of benzene rings is 1. The average Bonchev–Trinajstić information content (AvgIpc) is 2.87. The third kappa shape index (κ3) is 3.65. The van der Waals surface area contributed by atoms with E-state index in [4.69, 9.17) is 0 Å². The van der Waals surface area contributed by atoms with Crippen LogP contribution in [0.3, 0.4) is 0 Å². The van der Waals surface area contributed by atoms with Gasteiger partial charge in [-0.15, -0.1) is 0 Å². The fourth-order valence-corrected chi connectivity index (χ4v) is 3.93. The van der Waals surface area contributed by atoms with Gasteiger partial charge in [0.2, 0.25) is 0 Å². The fraction of sp³-hybridized carbons (Fsp3) is 0.500. The van der Waals surface area contributed by atoms with Crippen LogP contribution in [-0.4, -0.2) is 16.5 Å². The number of aromatic nitrogens is 1. The fourth-order valence-electron chi connectivity index (χ4n) is 3.93. The minimum Gasteiger partial charge on any atom is -0.348 e. The predicted molar refractivity (Wildman–Crippen MR) is 103 cm³/mol. The molecule has 1 aromatic heterocycles. The lowest BCUT2D eigenvalue weighted by Gasteiger charge is -2.18. The van der Waals surface area contributed by atoms with Gasteiger partial charge in [0, 0.05) is 18.3 Å². The van der Waals surface area contributed by atoms with Gasteiger partial charge in [0.05, 0.1) is 0 Å². The molecule has 1 unspecified atom stereocenters. The van der Waals surface area contributed by atoms with E-state index in [0.29, 0.717) is 0 Å². The first kappa shape index (κ1) is 17.8. The first-order valence-electron chi connectivity index (χ1n) is 9.58. The molecule has 0 saturated heterocycles. The van der Waals surface area contributed by atoms with E-state index in [1.165, 1.54) is 40.8 Å². The monoisotopic (exact) mass is 338 g/mol. The largest absolute Gasteiger partial charge is 0.348 e. The van der Waals surface area contributed by atoms with Gasteiger partial charge in [-0.2, -0.15) is 0 Å². The summed E-state index contributed by atoms with van der Waals surface area (Å²) >= 11 is 0. The van der Waals surface area contributed by atoms with Crippen LogP contribution in [0, 0.1) is 13.8 Å². The highest BCUT2D eigenvalue weighted by Gasteiger charge is 2.26. The molecule has 1 aliphatic carbocycles. The molecule has 1 aromatic carbocycles. The summed E-state index contributed by atoms with van der Waals surface area (Å²) in [4.78, 5) is 13.0. The Bertz CT molecular complexity index is 773. The number of aryl methyl sites for hydroxylation is 1. The molecule has 2 aromatic rings. The van der Waals surface area contributed by atoms with Crippen LogP contribution in [0.25, 0.3) is 0 Å². The van der Waals surface area contributed by atoms with Gasteiger partial charge in [-0.3, -0.25) is 4.79 Å². The molecule has 0 spiro atoms. The number of nitrogens with zero attached hydrogens (tertiary/aromatic N) is 1. The summed E-state index contributed by atoms with van der Waals surface area (Å²) < 4.78 is 2.29. The summed E-state index contributed by atoms with van der Waals surface area (Å²) in [5, 5.41) is 3.17. The minimum atomic E-state index is 0.0777. The first-order valence-corrected chi connectivity index (χ1v) is 9.58. The molecule has 0 fully saturated rings. The first-order chi connectivity index (χ1) is 12.0. The predicted octanol–water partition coefficient (Wildman–Crippen LogP) is 4.56. The van der Waals surface area contributed by atoms with E-state index >= 15 is 0 Å². The van der Waals surface area contributed by atoms with E-state index in [1.54, 1.807) is 0 Å². The van der Waals surface area contributed by atoms with Crippen molar-refractivity contribution < 1.29 is 4.79 Å². The van der Waals surface area contributed by atoms with Crippen LogP contribution < -0.4 is 5.32 Å². The van der Waals surface area contributed by atoms with E-state index in [2.05, 4.69) is 61.8 Å². The molecule has 1 aliphatic rings. The molecule has 3 nitrogen and oxygen atoms in total. The number of hydrogen-bond acceptors (Lipinski definition) is 1. The lowest BCUT2D eigenvalue weighted by Crippen LogP contribution is -2.34. The number of carbonyl (C=O) groups excluding carboxylic acids is 1. The molecule has 0 radical (unpaired) electrons. The van der Waals surface area contributed by atoms with Crippen LogP contribution in [0.2, 0.25) is 0 Å². The van der Waals surface area contributed by atoms with Crippen molar-refractivity contribution in [1.29, 1.82) is 0 Å². The van der Waals surface area contributed by atoms with E-state index in [0.717, 1.165) is 31.5 Å². The second-order valence-corrected chi connectivity index (χ2v) is 7.46. The number of carbonyl (C=O) groups is 1. The highest BCUT2D eigenvalue weighted by atomic mass is 16.2. The van der Waals surface area contributed by atoms with Gasteiger partial charge in [0.25, 0.3) is 5.91 Å². The summed E-state index contributed by atoms with van der Waals surface area (Å²) in [6.45, 7) is 9.20. The normalized spacial score (nSPS) is 14.9. The number of rotatable bonds is 5. The highest BCUT2D eigenvalue weighted by Crippen LogP contribution is 2.30. The Morgan fingerprint density at radius 2 is 2.00 bits per heavy atom. The maximum absolute atomic E-state index is 13.0. The van der Waals surface area contributed by atoms with Gasteiger partial charge in [0.15, 0.2) is 0 Å².